The first-order valence-corrected chi connectivity index (χ1v) is 10.3. The molecule has 168 valence electrons. The zero-order chi connectivity index (χ0) is 23.0. The Morgan fingerprint density at radius 2 is 2.00 bits per heavy atom. The maximum absolute atomic E-state index is 14.1. The average Bonchev–Trinajstić information content (AvgIpc) is 2.72. The van der Waals surface area contributed by atoms with E-state index in [2.05, 4.69) is 11.6 Å². The van der Waals surface area contributed by atoms with Crippen molar-refractivity contribution in [2.75, 3.05) is 30.3 Å². The van der Waals surface area contributed by atoms with E-state index in [-0.39, 0.29) is 37.0 Å². The molecule has 0 spiro atoms. The van der Waals surface area contributed by atoms with Gasteiger partial charge in [-0.15, -0.1) is 6.58 Å². The molecule has 0 bridgehead atoms. The second-order valence-electron chi connectivity index (χ2n) is 7.19. The van der Waals surface area contributed by atoms with Crippen LogP contribution in [0.25, 0.3) is 0 Å². The molecule has 2 rings (SSSR count). The molecule has 0 aliphatic heterocycles. The van der Waals surface area contributed by atoms with Crippen molar-refractivity contribution in [3.8, 4) is 0 Å². The van der Waals surface area contributed by atoms with Crippen molar-refractivity contribution in [2.45, 2.75) is 39.8 Å². The minimum absolute atomic E-state index is 0.0400. The molecule has 0 unspecified atom stereocenters. The summed E-state index contributed by atoms with van der Waals surface area (Å²) in [5, 5.41) is 0. The molecule has 1 aromatic carbocycles. The second kappa shape index (κ2) is 11.3. The van der Waals surface area contributed by atoms with Gasteiger partial charge in [0.1, 0.15) is 11.6 Å². The molecule has 31 heavy (non-hydrogen) atoms. The predicted octanol–water partition coefficient (Wildman–Crippen LogP) is 2.10. The van der Waals surface area contributed by atoms with E-state index in [0.717, 1.165) is 6.42 Å². The molecule has 0 radical (unpaired) electrons. The smallest absolute Gasteiger partial charge is 0.330 e. The fourth-order valence-electron chi connectivity index (χ4n) is 3.35. The molecule has 0 saturated heterocycles. The first-order chi connectivity index (χ1) is 14.8. The number of H-pyrrole nitrogens is 1. The topological polar surface area (TPSA) is 104 Å². The molecule has 8 nitrogen and oxygen atoms in total. The molecule has 0 fully saturated rings. The number of aromatic amines is 1. The number of amides is 1. The number of anilines is 2. The van der Waals surface area contributed by atoms with E-state index in [1.54, 1.807) is 36.1 Å². The van der Waals surface area contributed by atoms with E-state index >= 15 is 0 Å². The van der Waals surface area contributed by atoms with Crippen LogP contribution in [-0.4, -0.2) is 40.0 Å². The predicted molar refractivity (Wildman–Crippen MR) is 121 cm³/mol. The fourth-order valence-corrected chi connectivity index (χ4v) is 3.35. The van der Waals surface area contributed by atoms with Crippen LogP contribution >= 0.6 is 0 Å². The summed E-state index contributed by atoms with van der Waals surface area (Å²) in [5.74, 6) is -0.791. The molecule has 1 heterocycles. The van der Waals surface area contributed by atoms with E-state index in [9.17, 15) is 18.8 Å². The van der Waals surface area contributed by atoms with Crippen LogP contribution in [0.2, 0.25) is 0 Å². The molecule has 1 amide bonds. The zero-order valence-electron chi connectivity index (χ0n) is 18.1. The Morgan fingerprint density at radius 3 is 2.61 bits per heavy atom. The summed E-state index contributed by atoms with van der Waals surface area (Å²) in [6.07, 6.45) is 3.16. The molecule has 0 aliphatic rings. The highest BCUT2D eigenvalue weighted by Crippen LogP contribution is 2.18. The van der Waals surface area contributed by atoms with E-state index in [1.807, 2.05) is 6.92 Å². The first kappa shape index (κ1) is 24.1. The van der Waals surface area contributed by atoms with Crippen LogP contribution in [0.15, 0.2) is 46.5 Å². The largest absolute Gasteiger partial charge is 0.383 e. The fraction of sp³-hybridized carbons (Fsp3) is 0.409. The lowest BCUT2D eigenvalue weighted by Crippen LogP contribution is -2.45. The second-order valence-corrected chi connectivity index (χ2v) is 7.19. The standard InChI is InChI=1S/C22H30FN5O3/c1-4-7-13-28-20(24)19(21(30)25-22(28)31)27(6-3)18(29)15-26(12-5-2)14-16-10-8-9-11-17(16)23/h5,8-11H,2,4,6-7,12-15,24H2,1,3H3,(H,25,30,31). The highest BCUT2D eigenvalue weighted by molar-refractivity contribution is 5.96. The molecular weight excluding hydrogens is 401 g/mol. The molecule has 9 heteroatoms. The van der Waals surface area contributed by atoms with E-state index in [0.29, 0.717) is 25.1 Å². The Labute approximate surface area is 180 Å². The van der Waals surface area contributed by atoms with Crippen LogP contribution in [0.1, 0.15) is 32.3 Å². The SMILES string of the molecule is C=CCN(CC(=O)N(CC)c1c(N)n(CCCC)c(=O)[nH]c1=O)Cc1ccccc1F. The minimum Gasteiger partial charge on any atom is -0.383 e. The number of unbranched alkanes of at least 4 members (excludes halogenated alkanes) is 1. The van der Waals surface area contributed by atoms with Gasteiger partial charge in [0.15, 0.2) is 5.69 Å². The van der Waals surface area contributed by atoms with Gasteiger partial charge in [-0.1, -0.05) is 37.6 Å². The van der Waals surface area contributed by atoms with Crippen LogP contribution < -0.4 is 21.9 Å². The summed E-state index contributed by atoms with van der Waals surface area (Å²) < 4.78 is 15.3. The highest BCUT2D eigenvalue weighted by Gasteiger charge is 2.24. The molecule has 0 aliphatic carbocycles. The van der Waals surface area contributed by atoms with Crippen LogP contribution in [0.5, 0.6) is 0 Å². The number of nitrogens with one attached hydrogen (secondary N) is 1. The van der Waals surface area contributed by atoms with Crippen LogP contribution in [0.3, 0.4) is 0 Å². The summed E-state index contributed by atoms with van der Waals surface area (Å²) in [4.78, 5) is 43.0. The lowest BCUT2D eigenvalue weighted by molar-refractivity contribution is -0.119. The number of nitrogens with zero attached hydrogens (tertiary/aromatic N) is 3. The zero-order valence-corrected chi connectivity index (χ0v) is 18.1. The van der Waals surface area contributed by atoms with Gasteiger partial charge in [-0.05, 0) is 19.4 Å². The number of halogens is 1. The van der Waals surface area contributed by atoms with Crippen LogP contribution in [-0.2, 0) is 17.9 Å². The first-order valence-electron chi connectivity index (χ1n) is 10.3. The van der Waals surface area contributed by atoms with Gasteiger partial charge in [-0.25, -0.2) is 9.18 Å². The Kier molecular flexibility index (Phi) is 8.75. The normalized spacial score (nSPS) is 11.0. The van der Waals surface area contributed by atoms with Crippen molar-refractivity contribution < 1.29 is 9.18 Å². The number of carbonyl (C=O) groups is 1. The number of nitrogen functional groups attached to an aromatic ring is 1. The van der Waals surface area contributed by atoms with Crippen molar-refractivity contribution in [3.63, 3.8) is 0 Å². The average molecular weight is 432 g/mol. The third kappa shape index (κ3) is 5.91. The Bertz CT molecular complexity index is 1030. The van der Waals surface area contributed by atoms with Gasteiger partial charge in [0.2, 0.25) is 5.91 Å². The third-order valence-corrected chi connectivity index (χ3v) is 4.93. The number of likely N-dealkylation sites (N-methyl/N-ethyl adjacent to an activating group) is 1. The van der Waals surface area contributed by atoms with E-state index < -0.39 is 17.2 Å². The van der Waals surface area contributed by atoms with Gasteiger partial charge >= 0.3 is 5.69 Å². The molecule has 0 atom stereocenters. The number of hydrogen-bond donors (Lipinski definition) is 2. The number of aromatic nitrogens is 2. The van der Waals surface area contributed by atoms with Gasteiger partial charge in [0, 0.05) is 31.7 Å². The highest BCUT2D eigenvalue weighted by atomic mass is 19.1. The van der Waals surface area contributed by atoms with Crippen molar-refractivity contribution in [1.82, 2.24) is 14.5 Å². The molecule has 3 N–H and O–H groups in total. The van der Waals surface area contributed by atoms with Crippen molar-refractivity contribution in [1.29, 1.82) is 0 Å². The maximum Gasteiger partial charge on any atom is 0.330 e. The minimum atomic E-state index is -0.713. The lowest BCUT2D eigenvalue weighted by Gasteiger charge is -2.27. The van der Waals surface area contributed by atoms with Gasteiger partial charge in [0.25, 0.3) is 5.56 Å². The van der Waals surface area contributed by atoms with Gasteiger partial charge in [-0.2, -0.15) is 0 Å². The van der Waals surface area contributed by atoms with Crippen molar-refractivity contribution in [2.24, 2.45) is 0 Å². The summed E-state index contributed by atoms with van der Waals surface area (Å²) in [5.41, 5.74) is 5.23. The molecule has 2 aromatic rings. The molecule has 0 saturated carbocycles. The van der Waals surface area contributed by atoms with Crippen LogP contribution in [0, 0.1) is 5.82 Å². The number of nitrogens with two attached hydrogens (primary N) is 1. The Hall–Kier alpha value is -3.20. The summed E-state index contributed by atoms with van der Waals surface area (Å²) in [6, 6.07) is 6.34. The maximum atomic E-state index is 14.1. The number of benzene rings is 1. The van der Waals surface area contributed by atoms with E-state index in [1.165, 1.54) is 15.5 Å². The third-order valence-electron chi connectivity index (χ3n) is 4.93. The van der Waals surface area contributed by atoms with Gasteiger partial charge in [0.05, 0.1) is 6.54 Å². The Morgan fingerprint density at radius 1 is 1.29 bits per heavy atom. The molecule has 1 aromatic heterocycles. The number of carbonyl (C=O) groups excluding carboxylic acids is 1. The summed E-state index contributed by atoms with van der Waals surface area (Å²) in [7, 11) is 0. The quantitative estimate of drug-likeness (QED) is 0.530. The monoisotopic (exact) mass is 431 g/mol. The summed E-state index contributed by atoms with van der Waals surface area (Å²) >= 11 is 0. The Balaban J connectivity index is 2.33. The van der Waals surface area contributed by atoms with Gasteiger partial charge < -0.3 is 10.6 Å². The van der Waals surface area contributed by atoms with Crippen LogP contribution in [0.4, 0.5) is 15.9 Å². The number of hydrogen-bond acceptors (Lipinski definition) is 5. The van der Waals surface area contributed by atoms with Gasteiger partial charge in [-0.3, -0.25) is 24.0 Å². The van der Waals surface area contributed by atoms with E-state index in [4.69, 9.17) is 5.73 Å². The number of rotatable bonds is 11. The summed E-state index contributed by atoms with van der Waals surface area (Å²) in [6.45, 7) is 8.37. The molecular formula is C22H30FN5O3. The van der Waals surface area contributed by atoms with Crippen molar-refractivity contribution in [3.05, 3.63) is 69.1 Å². The van der Waals surface area contributed by atoms with Crippen molar-refractivity contribution >= 4 is 17.4 Å². The lowest BCUT2D eigenvalue weighted by atomic mass is 10.2.